The molecule has 0 aliphatic carbocycles. The summed E-state index contributed by atoms with van der Waals surface area (Å²) in [4.78, 5) is 24.9. The normalized spacial score (nSPS) is 11.7. The summed E-state index contributed by atoms with van der Waals surface area (Å²) in [6.07, 6.45) is 14.9. The number of carbonyl (C=O) groups is 2. The van der Waals surface area contributed by atoms with Gasteiger partial charge in [-0.1, -0.05) is 114 Å². The second-order valence-electron chi connectivity index (χ2n) is 11.5. The number of esters is 2. The van der Waals surface area contributed by atoms with E-state index < -0.39 is 5.97 Å². The van der Waals surface area contributed by atoms with Crippen LogP contribution in [0.4, 0.5) is 0 Å². The van der Waals surface area contributed by atoms with E-state index in [0.717, 1.165) is 36.0 Å². The van der Waals surface area contributed by atoms with Crippen LogP contribution in [0, 0.1) is 0 Å². The molecule has 3 aromatic rings. The third-order valence-electron chi connectivity index (χ3n) is 7.66. The van der Waals surface area contributed by atoms with Gasteiger partial charge >= 0.3 is 11.9 Å². The maximum absolute atomic E-state index is 12.7. The second-order valence-corrected chi connectivity index (χ2v) is 11.5. The van der Waals surface area contributed by atoms with Gasteiger partial charge in [0.1, 0.15) is 11.5 Å². The zero-order valence-electron chi connectivity index (χ0n) is 26.4. The highest BCUT2D eigenvalue weighted by Crippen LogP contribution is 2.24. The molecule has 0 aromatic heterocycles. The molecular formula is C38H50O5. The first-order chi connectivity index (χ1) is 21.0. The average molecular weight is 587 g/mol. The zero-order chi connectivity index (χ0) is 30.7. The van der Waals surface area contributed by atoms with Crippen molar-refractivity contribution in [3.05, 3.63) is 83.9 Å². The molecule has 0 saturated carbocycles. The van der Waals surface area contributed by atoms with Gasteiger partial charge in [-0.25, -0.2) is 4.79 Å². The summed E-state index contributed by atoms with van der Waals surface area (Å²) in [5.41, 5.74) is 3.46. The Labute approximate surface area is 259 Å². The van der Waals surface area contributed by atoms with Crippen LogP contribution in [0.15, 0.2) is 72.8 Å². The summed E-state index contributed by atoms with van der Waals surface area (Å²) in [5, 5.41) is 0. The first-order valence-corrected chi connectivity index (χ1v) is 16.3. The van der Waals surface area contributed by atoms with Gasteiger partial charge in [0.15, 0.2) is 0 Å². The quantitative estimate of drug-likeness (QED) is 0.0749. The molecule has 0 saturated heterocycles. The predicted molar refractivity (Wildman–Crippen MR) is 175 cm³/mol. The maximum atomic E-state index is 12.7. The second kappa shape index (κ2) is 19.7. The molecule has 0 aliphatic rings. The lowest BCUT2D eigenvalue weighted by Crippen LogP contribution is -2.09. The summed E-state index contributed by atoms with van der Waals surface area (Å²) < 4.78 is 17.1. The Morgan fingerprint density at radius 3 is 1.74 bits per heavy atom. The average Bonchev–Trinajstić information content (AvgIpc) is 3.03. The summed E-state index contributed by atoms with van der Waals surface area (Å²) in [7, 11) is 0. The summed E-state index contributed by atoms with van der Waals surface area (Å²) in [5.74, 6) is 0.461. The molecule has 0 amide bonds. The van der Waals surface area contributed by atoms with Gasteiger partial charge in [-0.2, -0.15) is 0 Å². The number of unbranched alkanes of at least 4 members (excludes halogenated alkanes) is 9. The van der Waals surface area contributed by atoms with E-state index in [1.807, 2.05) is 48.5 Å². The van der Waals surface area contributed by atoms with Gasteiger partial charge in [0.05, 0.1) is 18.3 Å². The number of ether oxygens (including phenoxy) is 3. The smallest absolute Gasteiger partial charge is 0.343 e. The van der Waals surface area contributed by atoms with E-state index in [2.05, 4.69) is 20.8 Å². The van der Waals surface area contributed by atoms with Crippen molar-refractivity contribution in [1.82, 2.24) is 0 Å². The summed E-state index contributed by atoms with van der Waals surface area (Å²) >= 11 is 0. The lowest BCUT2D eigenvalue weighted by Gasteiger charge is -2.13. The molecule has 0 heterocycles. The third-order valence-corrected chi connectivity index (χ3v) is 7.66. The predicted octanol–water partition coefficient (Wildman–Crippen LogP) is 10.5. The van der Waals surface area contributed by atoms with E-state index in [1.165, 1.54) is 57.8 Å². The van der Waals surface area contributed by atoms with Crippen LogP contribution in [-0.2, 0) is 16.1 Å². The molecule has 5 heteroatoms. The number of hydrogen-bond donors (Lipinski definition) is 0. The highest BCUT2D eigenvalue weighted by Gasteiger charge is 2.11. The van der Waals surface area contributed by atoms with Gasteiger partial charge in [0.2, 0.25) is 0 Å². The molecule has 0 aliphatic heterocycles. The first-order valence-electron chi connectivity index (χ1n) is 16.3. The molecule has 232 valence electrons. The van der Waals surface area contributed by atoms with E-state index in [9.17, 15) is 9.59 Å². The van der Waals surface area contributed by atoms with Gasteiger partial charge in [0, 0.05) is 6.42 Å². The molecular weight excluding hydrogens is 536 g/mol. The van der Waals surface area contributed by atoms with Gasteiger partial charge in [0.25, 0.3) is 0 Å². The Hall–Kier alpha value is -3.44. The van der Waals surface area contributed by atoms with Crippen LogP contribution in [0.2, 0.25) is 0 Å². The molecule has 0 bridgehead atoms. The molecule has 5 nitrogen and oxygen atoms in total. The fraction of sp³-hybridized carbons (Fsp3) is 0.474. The Morgan fingerprint density at radius 1 is 0.605 bits per heavy atom. The third kappa shape index (κ3) is 13.2. The first kappa shape index (κ1) is 34.1. The van der Waals surface area contributed by atoms with Crippen molar-refractivity contribution in [2.75, 3.05) is 0 Å². The largest absolute Gasteiger partial charge is 0.427 e. The molecule has 3 aromatic carbocycles. The van der Waals surface area contributed by atoms with Crippen LogP contribution in [-0.4, -0.2) is 18.0 Å². The Bertz CT molecular complexity index is 1200. The Balaban J connectivity index is 1.40. The minimum absolute atomic E-state index is 0.185. The van der Waals surface area contributed by atoms with Gasteiger partial charge in [-0.15, -0.1) is 0 Å². The van der Waals surface area contributed by atoms with E-state index >= 15 is 0 Å². The van der Waals surface area contributed by atoms with Crippen molar-refractivity contribution >= 4 is 11.9 Å². The zero-order valence-corrected chi connectivity index (χ0v) is 26.4. The van der Waals surface area contributed by atoms with E-state index in [0.29, 0.717) is 30.1 Å². The monoisotopic (exact) mass is 586 g/mol. The summed E-state index contributed by atoms with van der Waals surface area (Å²) in [6, 6.07) is 22.2. The van der Waals surface area contributed by atoms with Crippen molar-refractivity contribution < 1.29 is 23.8 Å². The maximum Gasteiger partial charge on any atom is 0.343 e. The molecule has 3 rings (SSSR count). The lowest BCUT2D eigenvalue weighted by molar-refractivity contribution is -0.134. The highest BCUT2D eigenvalue weighted by atomic mass is 16.5. The van der Waals surface area contributed by atoms with Crippen molar-refractivity contribution in [3.8, 4) is 22.6 Å². The highest BCUT2D eigenvalue weighted by molar-refractivity contribution is 5.91. The molecule has 43 heavy (non-hydrogen) atoms. The van der Waals surface area contributed by atoms with Gasteiger partial charge in [-0.05, 0) is 72.9 Å². The Kier molecular flexibility index (Phi) is 15.6. The van der Waals surface area contributed by atoms with E-state index in [4.69, 9.17) is 14.2 Å². The van der Waals surface area contributed by atoms with E-state index in [1.54, 1.807) is 24.3 Å². The van der Waals surface area contributed by atoms with Crippen LogP contribution < -0.4 is 9.47 Å². The fourth-order valence-corrected chi connectivity index (χ4v) is 4.92. The standard InChI is InChI=1S/C38H50O5/c1-4-6-8-10-11-12-14-16-37(39)42-35-27-23-33(24-28-35)32-19-21-34(22-20-32)38(40)43-36-25-17-31(18-26-36)29-41-30(3)15-13-9-7-5-2/h17-28,30H,4-16,29H2,1-3H3/t30-/m1/s1. The molecule has 0 N–H and O–H groups in total. The SMILES string of the molecule is CCCCCCCCCC(=O)Oc1ccc(-c2ccc(C(=O)Oc3ccc(CO[C@H](C)CCCCCC)cc3)cc2)cc1. The van der Waals surface area contributed by atoms with Crippen LogP contribution in [0.1, 0.15) is 120 Å². The molecule has 0 fully saturated rings. The van der Waals surface area contributed by atoms with Crippen molar-refractivity contribution in [2.24, 2.45) is 0 Å². The van der Waals surface area contributed by atoms with Gasteiger partial charge < -0.3 is 14.2 Å². The number of benzene rings is 3. The molecule has 1 atom stereocenters. The topological polar surface area (TPSA) is 61.8 Å². The minimum atomic E-state index is -0.403. The molecule has 0 radical (unpaired) electrons. The van der Waals surface area contributed by atoms with Crippen molar-refractivity contribution in [2.45, 2.75) is 117 Å². The molecule has 0 spiro atoms. The van der Waals surface area contributed by atoms with Crippen molar-refractivity contribution in [1.29, 1.82) is 0 Å². The van der Waals surface area contributed by atoms with Gasteiger partial charge in [-0.3, -0.25) is 4.79 Å². The number of rotatable bonds is 20. The van der Waals surface area contributed by atoms with Crippen molar-refractivity contribution in [3.63, 3.8) is 0 Å². The fourth-order valence-electron chi connectivity index (χ4n) is 4.92. The number of carbonyl (C=O) groups excluding carboxylic acids is 2. The number of hydrogen-bond acceptors (Lipinski definition) is 5. The van der Waals surface area contributed by atoms with Crippen LogP contribution in [0.5, 0.6) is 11.5 Å². The van der Waals surface area contributed by atoms with Crippen LogP contribution in [0.25, 0.3) is 11.1 Å². The molecule has 0 unspecified atom stereocenters. The summed E-state index contributed by atoms with van der Waals surface area (Å²) in [6.45, 7) is 7.11. The van der Waals surface area contributed by atoms with Crippen LogP contribution >= 0.6 is 0 Å². The lowest BCUT2D eigenvalue weighted by atomic mass is 10.0. The van der Waals surface area contributed by atoms with Crippen LogP contribution in [0.3, 0.4) is 0 Å². The minimum Gasteiger partial charge on any atom is -0.427 e. The van der Waals surface area contributed by atoms with E-state index in [-0.39, 0.29) is 12.1 Å². The Morgan fingerprint density at radius 2 is 1.12 bits per heavy atom.